The number of rotatable bonds is 4. The molecular weight excluding hydrogens is 350 g/mol. The van der Waals surface area contributed by atoms with E-state index in [9.17, 15) is 10.1 Å². The lowest BCUT2D eigenvalue weighted by atomic mass is 10.0. The van der Waals surface area contributed by atoms with Crippen LogP contribution in [0.3, 0.4) is 0 Å². The van der Waals surface area contributed by atoms with Gasteiger partial charge in [0.25, 0.3) is 0 Å². The largest absolute Gasteiger partial charge is 0.366 e. The summed E-state index contributed by atoms with van der Waals surface area (Å²) in [4.78, 5) is 13.9. The molecule has 0 bridgehead atoms. The van der Waals surface area contributed by atoms with Gasteiger partial charge in [0.2, 0.25) is 5.91 Å². The Morgan fingerprint density at radius 2 is 1.96 bits per heavy atom. The number of nitriles is 1. The molecule has 0 atom stereocenters. The van der Waals surface area contributed by atoms with Crippen LogP contribution < -0.4 is 10.2 Å². The van der Waals surface area contributed by atoms with Gasteiger partial charge < -0.3 is 10.2 Å². The molecule has 5 rings (SSSR count). The van der Waals surface area contributed by atoms with Crippen LogP contribution in [-0.2, 0) is 11.2 Å². The van der Waals surface area contributed by atoms with E-state index in [0.717, 1.165) is 58.4 Å². The molecule has 1 aromatic heterocycles. The molecule has 28 heavy (non-hydrogen) atoms. The standard InChI is InChI=1S/C22H19N5O/c1-2-27(16-6-7-16)22-17-8-5-14(10-19(17)25-26-20(22)12-23)13-3-4-15-11-21(28)24-18(15)9-13/h3-5,8-10,16H,2,6-7,11H2,1H3,(H,24,28). The summed E-state index contributed by atoms with van der Waals surface area (Å²) in [6, 6.07) is 14.8. The van der Waals surface area contributed by atoms with Crippen LogP contribution in [0.25, 0.3) is 22.0 Å². The average Bonchev–Trinajstić information content (AvgIpc) is 3.48. The maximum Gasteiger partial charge on any atom is 0.228 e. The van der Waals surface area contributed by atoms with E-state index in [1.54, 1.807) is 0 Å². The third-order valence-electron chi connectivity index (χ3n) is 5.52. The number of aromatic nitrogens is 2. The zero-order valence-electron chi connectivity index (χ0n) is 15.6. The first-order valence-corrected chi connectivity index (χ1v) is 9.58. The lowest BCUT2D eigenvalue weighted by Gasteiger charge is -2.24. The Morgan fingerprint density at radius 3 is 2.71 bits per heavy atom. The fourth-order valence-electron chi connectivity index (χ4n) is 4.02. The Morgan fingerprint density at radius 1 is 1.18 bits per heavy atom. The van der Waals surface area contributed by atoms with Crippen LogP contribution >= 0.6 is 0 Å². The first-order chi connectivity index (χ1) is 13.7. The molecule has 1 fully saturated rings. The lowest BCUT2D eigenvalue weighted by molar-refractivity contribution is -0.115. The van der Waals surface area contributed by atoms with Crippen LogP contribution in [0.15, 0.2) is 36.4 Å². The van der Waals surface area contributed by atoms with E-state index in [1.807, 2.05) is 36.4 Å². The summed E-state index contributed by atoms with van der Waals surface area (Å²) < 4.78 is 0. The van der Waals surface area contributed by atoms with Crippen molar-refractivity contribution in [1.82, 2.24) is 10.2 Å². The first-order valence-electron chi connectivity index (χ1n) is 9.58. The molecule has 6 heteroatoms. The van der Waals surface area contributed by atoms with Gasteiger partial charge in [-0.15, -0.1) is 10.2 Å². The molecule has 3 aromatic rings. The fraction of sp³-hybridized carbons (Fsp3) is 0.273. The molecule has 1 aliphatic heterocycles. The molecule has 2 aliphatic rings. The van der Waals surface area contributed by atoms with Gasteiger partial charge in [0.15, 0.2) is 5.69 Å². The monoisotopic (exact) mass is 369 g/mol. The zero-order valence-corrected chi connectivity index (χ0v) is 15.6. The summed E-state index contributed by atoms with van der Waals surface area (Å²) in [6.45, 7) is 2.95. The number of carbonyl (C=O) groups is 1. The highest BCUT2D eigenvalue weighted by Crippen LogP contribution is 2.38. The summed E-state index contributed by atoms with van der Waals surface area (Å²) in [5.41, 5.74) is 5.98. The van der Waals surface area contributed by atoms with Crippen molar-refractivity contribution in [3.8, 4) is 17.2 Å². The number of benzene rings is 2. The number of fused-ring (bicyclic) bond motifs is 2. The number of nitrogens with zero attached hydrogens (tertiary/aromatic N) is 4. The minimum absolute atomic E-state index is 0.0323. The molecule has 0 unspecified atom stereocenters. The summed E-state index contributed by atoms with van der Waals surface area (Å²) in [6.07, 6.45) is 2.75. The second-order valence-corrected chi connectivity index (χ2v) is 7.36. The fourth-order valence-corrected chi connectivity index (χ4v) is 4.02. The van der Waals surface area contributed by atoms with Crippen LogP contribution in [-0.4, -0.2) is 28.7 Å². The predicted octanol–water partition coefficient (Wildman–Crippen LogP) is 3.65. The Kier molecular flexibility index (Phi) is 3.76. The van der Waals surface area contributed by atoms with E-state index in [4.69, 9.17) is 0 Å². The van der Waals surface area contributed by atoms with Crippen molar-refractivity contribution in [2.24, 2.45) is 0 Å². The molecule has 0 radical (unpaired) electrons. The van der Waals surface area contributed by atoms with E-state index in [1.165, 1.54) is 0 Å². The number of hydrogen-bond donors (Lipinski definition) is 1. The molecule has 1 saturated carbocycles. The highest BCUT2D eigenvalue weighted by Gasteiger charge is 2.31. The second-order valence-electron chi connectivity index (χ2n) is 7.36. The van der Waals surface area contributed by atoms with Gasteiger partial charge in [-0.25, -0.2) is 0 Å². The van der Waals surface area contributed by atoms with Crippen molar-refractivity contribution in [2.75, 3.05) is 16.8 Å². The molecule has 2 heterocycles. The molecule has 6 nitrogen and oxygen atoms in total. The van der Waals surface area contributed by atoms with E-state index < -0.39 is 0 Å². The van der Waals surface area contributed by atoms with Crippen molar-refractivity contribution in [1.29, 1.82) is 5.26 Å². The van der Waals surface area contributed by atoms with Gasteiger partial charge in [0, 0.05) is 23.7 Å². The number of hydrogen-bond acceptors (Lipinski definition) is 5. The van der Waals surface area contributed by atoms with Gasteiger partial charge in [-0.1, -0.05) is 18.2 Å². The maximum absolute atomic E-state index is 11.6. The van der Waals surface area contributed by atoms with Gasteiger partial charge in [0.05, 0.1) is 17.6 Å². The number of anilines is 2. The van der Waals surface area contributed by atoms with Crippen LogP contribution in [0.4, 0.5) is 11.4 Å². The minimum atomic E-state index is 0.0323. The van der Waals surface area contributed by atoms with E-state index >= 15 is 0 Å². The van der Waals surface area contributed by atoms with Gasteiger partial charge in [-0.05, 0) is 54.7 Å². The Bertz CT molecular complexity index is 1160. The molecule has 138 valence electrons. The summed E-state index contributed by atoms with van der Waals surface area (Å²) in [5.74, 6) is 0.0323. The normalized spacial score (nSPS) is 15.2. The van der Waals surface area contributed by atoms with Crippen molar-refractivity contribution in [3.63, 3.8) is 0 Å². The van der Waals surface area contributed by atoms with Gasteiger partial charge >= 0.3 is 0 Å². The van der Waals surface area contributed by atoms with Crippen molar-refractivity contribution >= 4 is 28.2 Å². The number of amides is 1. The number of nitrogens with one attached hydrogen (secondary N) is 1. The van der Waals surface area contributed by atoms with E-state index in [0.29, 0.717) is 18.2 Å². The van der Waals surface area contributed by atoms with Crippen LogP contribution in [0.2, 0.25) is 0 Å². The lowest BCUT2D eigenvalue weighted by Crippen LogP contribution is -2.26. The predicted molar refractivity (Wildman–Crippen MR) is 108 cm³/mol. The third-order valence-corrected chi connectivity index (χ3v) is 5.52. The Labute approximate surface area is 162 Å². The van der Waals surface area contributed by atoms with Crippen molar-refractivity contribution < 1.29 is 4.79 Å². The molecule has 2 aromatic carbocycles. The van der Waals surface area contributed by atoms with E-state index in [-0.39, 0.29) is 5.91 Å². The van der Waals surface area contributed by atoms with Crippen LogP contribution in [0.1, 0.15) is 31.0 Å². The Balaban J connectivity index is 1.62. The van der Waals surface area contributed by atoms with Crippen molar-refractivity contribution in [2.45, 2.75) is 32.2 Å². The number of carbonyl (C=O) groups excluding carboxylic acids is 1. The second kappa shape index (κ2) is 6.31. The summed E-state index contributed by atoms with van der Waals surface area (Å²) in [5, 5.41) is 21.9. The van der Waals surface area contributed by atoms with Gasteiger partial charge in [-0.2, -0.15) is 5.26 Å². The molecule has 0 spiro atoms. The smallest absolute Gasteiger partial charge is 0.228 e. The Hall–Kier alpha value is -3.46. The van der Waals surface area contributed by atoms with Gasteiger partial charge in [0.1, 0.15) is 6.07 Å². The summed E-state index contributed by atoms with van der Waals surface area (Å²) >= 11 is 0. The SMILES string of the molecule is CCN(c1c(C#N)nnc2cc(-c3ccc4c(c3)NC(=O)C4)ccc12)C1CC1. The highest BCUT2D eigenvalue weighted by atomic mass is 16.1. The van der Waals surface area contributed by atoms with Crippen molar-refractivity contribution in [3.05, 3.63) is 47.7 Å². The molecular formula is C22H19N5O. The maximum atomic E-state index is 11.6. The van der Waals surface area contributed by atoms with Crippen LogP contribution in [0.5, 0.6) is 0 Å². The third kappa shape index (κ3) is 2.67. The summed E-state index contributed by atoms with van der Waals surface area (Å²) in [7, 11) is 0. The average molecular weight is 369 g/mol. The van der Waals surface area contributed by atoms with Gasteiger partial charge in [-0.3, -0.25) is 4.79 Å². The molecule has 1 aliphatic carbocycles. The quantitative estimate of drug-likeness (QED) is 0.759. The zero-order chi connectivity index (χ0) is 19.3. The van der Waals surface area contributed by atoms with Crippen LogP contribution in [0, 0.1) is 11.3 Å². The molecule has 1 amide bonds. The molecule has 0 saturated heterocycles. The van der Waals surface area contributed by atoms with E-state index in [2.05, 4.69) is 33.4 Å². The highest BCUT2D eigenvalue weighted by molar-refractivity contribution is 6.00. The molecule has 1 N–H and O–H groups in total. The first kappa shape index (κ1) is 16.7. The minimum Gasteiger partial charge on any atom is -0.366 e. The topological polar surface area (TPSA) is 81.9 Å².